The lowest BCUT2D eigenvalue weighted by atomic mass is 10.1. The second-order valence-corrected chi connectivity index (χ2v) is 6.81. The van der Waals surface area contributed by atoms with Crippen molar-refractivity contribution < 1.29 is 0 Å². The van der Waals surface area contributed by atoms with Gasteiger partial charge in [0.1, 0.15) is 5.82 Å². The number of piperazine rings is 1. The number of nitrogens with zero attached hydrogens (tertiary/aromatic N) is 4. The largest absolute Gasteiger partial charge is 0.355 e. The molecule has 0 atom stereocenters. The van der Waals surface area contributed by atoms with Crippen LogP contribution >= 0.6 is 24.0 Å². The fourth-order valence-corrected chi connectivity index (χ4v) is 2.63. The van der Waals surface area contributed by atoms with Gasteiger partial charge in [-0.05, 0) is 32.9 Å². The van der Waals surface area contributed by atoms with Crippen molar-refractivity contribution in [3.8, 4) is 0 Å². The minimum absolute atomic E-state index is 0. The number of hydrogen-bond acceptors (Lipinski definition) is 4. The van der Waals surface area contributed by atoms with Crippen LogP contribution in [0.15, 0.2) is 29.4 Å². The Balaban J connectivity index is 0.00000288. The van der Waals surface area contributed by atoms with Crippen molar-refractivity contribution in [1.82, 2.24) is 20.5 Å². The lowest BCUT2D eigenvalue weighted by molar-refractivity contribution is 0.368. The summed E-state index contributed by atoms with van der Waals surface area (Å²) in [6, 6.07) is 6.06. The molecule has 136 valence electrons. The lowest BCUT2D eigenvalue weighted by Crippen LogP contribution is -2.53. The smallest absolute Gasteiger partial charge is 0.193 e. The van der Waals surface area contributed by atoms with Crippen LogP contribution in [0.25, 0.3) is 0 Å². The number of anilines is 1. The first-order valence-corrected chi connectivity index (χ1v) is 8.36. The van der Waals surface area contributed by atoms with Gasteiger partial charge < -0.3 is 20.4 Å². The van der Waals surface area contributed by atoms with Crippen LogP contribution in [0.4, 0.5) is 5.82 Å². The van der Waals surface area contributed by atoms with Crippen molar-refractivity contribution in [1.29, 1.82) is 0 Å². The summed E-state index contributed by atoms with van der Waals surface area (Å²) in [5, 5.41) is 6.93. The van der Waals surface area contributed by atoms with Gasteiger partial charge in [0.15, 0.2) is 5.96 Å². The van der Waals surface area contributed by atoms with Gasteiger partial charge >= 0.3 is 0 Å². The molecule has 2 rings (SSSR count). The third-order valence-electron chi connectivity index (χ3n) is 3.83. The van der Waals surface area contributed by atoms with Gasteiger partial charge in [0, 0.05) is 58.1 Å². The van der Waals surface area contributed by atoms with Gasteiger partial charge in [-0.25, -0.2) is 4.98 Å². The van der Waals surface area contributed by atoms with Crippen LogP contribution in [0.3, 0.4) is 0 Å². The van der Waals surface area contributed by atoms with E-state index in [1.54, 1.807) is 0 Å². The zero-order valence-electron chi connectivity index (χ0n) is 15.2. The second-order valence-electron chi connectivity index (χ2n) is 6.81. The summed E-state index contributed by atoms with van der Waals surface area (Å²) in [6.45, 7) is 12.2. The molecule has 2 N–H and O–H groups in total. The minimum atomic E-state index is 0. The van der Waals surface area contributed by atoms with Crippen LogP contribution in [0, 0.1) is 0 Å². The Labute approximate surface area is 163 Å². The molecule has 0 aliphatic carbocycles. The third kappa shape index (κ3) is 6.80. The molecule has 1 aromatic heterocycles. The van der Waals surface area contributed by atoms with E-state index < -0.39 is 0 Å². The van der Waals surface area contributed by atoms with E-state index in [0.29, 0.717) is 0 Å². The van der Waals surface area contributed by atoms with Crippen molar-refractivity contribution in [3.63, 3.8) is 0 Å². The Morgan fingerprint density at radius 1 is 1.17 bits per heavy atom. The van der Waals surface area contributed by atoms with Crippen molar-refractivity contribution in [2.45, 2.75) is 26.3 Å². The molecule has 1 saturated heterocycles. The molecular formula is C17H31IN6. The topological polar surface area (TPSA) is 55.8 Å². The zero-order chi connectivity index (χ0) is 16.7. The molecule has 0 bridgehead atoms. The van der Waals surface area contributed by atoms with Crippen LogP contribution in [0.5, 0.6) is 0 Å². The van der Waals surface area contributed by atoms with Crippen molar-refractivity contribution in [2.75, 3.05) is 51.2 Å². The number of guanidine groups is 1. The molecule has 0 radical (unpaired) electrons. The van der Waals surface area contributed by atoms with Crippen LogP contribution in [-0.2, 0) is 0 Å². The van der Waals surface area contributed by atoms with Gasteiger partial charge in [-0.2, -0.15) is 0 Å². The highest BCUT2D eigenvalue weighted by molar-refractivity contribution is 14.0. The van der Waals surface area contributed by atoms with Gasteiger partial charge in [-0.3, -0.25) is 4.99 Å². The van der Waals surface area contributed by atoms with Crippen LogP contribution in [0.1, 0.15) is 20.8 Å². The van der Waals surface area contributed by atoms with Crippen LogP contribution < -0.4 is 15.5 Å². The first-order valence-electron chi connectivity index (χ1n) is 8.36. The average Bonchev–Trinajstić information content (AvgIpc) is 2.55. The predicted octanol–water partition coefficient (Wildman–Crippen LogP) is 1.79. The predicted molar refractivity (Wildman–Crippen MR) is 113 cm³/mol. The van der Waals surface area contributed by atoms with Crippen LogP contribution in [-0.4, -0.2) is 67.7 Å². The Bertz CT molecular complexity index is 492. The number of pyridine rings is 1. The highest BCUT2D eigenvalue weighted by atomic mass is 127. The first kappa shape index (κ1) is 21.0. The van der Waals surface area contributed by atoms with Gasteiger partial charge in [-0.1, -0.05) is 6.07 Å². The summed E-state index contributed by atoms with van der Waals surface area (Å²) in [5.74, 6) is 2.05. The Hall–Kier alpha value is -1.09. The molecule has 0 aromatic carbocycles. The van der Waals surface area contributed by atoms with Gasteiger partial charge in [0.25, 0.3) is 0 Å². The minimum Gasteiger partial charge on any atom is -0.355 e. The molecule has 7 heteroatoms. The van der Waals surface area contributed by atoms with E-state index in [-0.39, 0.29) is 29.5 Å². The fourth-order valence-electron chi connectivity index (χ4n) is 2.63. The van der Waals surface area contributed by atoms with Gasteiger partial charge in [-0.15, -0.1) is 24.0 Å². The van der Waals surface area contributed by atoms with Gasteiger partial charge in [0.2, 0.25) is 0 Å². The summed E-state index contributed by atoms with van der Waals surface area (Å²) < 4.78 is 0. The fraction of sp³-hybridized carbons (Fsp3) is 0.647. The Morgan fingerprint density at radius 2 is 1.88 bits per heavy atom. The standard InChI is InChI=1S/C17H30N6.HI/c1-17(2,3)21-10-9-20-16(18-4)23-13-11-22(12-14-23)15-7-5-6-8-19-15;/h5-8,21H,9-14H2,1-4H3,(H,18,20);1H. The number of halogens is 1. The maximum atomic E-state index is 4.43. The number of nitrogens with one attached hydrogen (secondary N) is 2. The van der Waals surface area contributed by atoms with Crippen molar-refractivity contribution in [2.24, 2.45) is 4.99 Å². The molecule has 0 unspecified atom stereocenters. The maximum absolute atomic E-state index is 4.43. The van der Waals surface area contributed by atoms with E-state index in [2.05, 4.69) is 57.2 Å². The zero-order valence-corrected chi connectivity index (χ0v) is 17.6. The molecule has 1 aliphatic heterocycles. The average molecular weight is 446 g/mol. The normalized spacial score (nSPS) is 15.9. The maximum Gasteiger partial charge on any atom is 0.193 e. The van der Waals surface area contributed by atoms with E-state index in [9.17, 15) is 0 Å². The second kappa shape index (κ2) is 10.0. The molecule has 1 fully saturated rings. The SMILES string of the molecule is CN=C(NCCNC(C)(C)C)N1CCN(c2ccccn2)CC1.I. The number of rotatable bonds is 4. The summed E-state index contributed by atoms with van der Waals surface area (Å²) in [6.07, 6.45) is 1.85. The summed E-state index contributed by atoms with van der Waals surface area (Å²) >= 11 is 0. The highest BCUT2D eigenvalue weighted by Gasteiger charge is 2.20. The molecule has 0 amide bonds. The lowest BCUT2D eigenvalue weighted by Gasteiger charge is -2.37. The molecule has 24 heavy (non-hydrogen) atoms. The molecule has 1 aliphatic rings. The molecule has 2 heterocycles. The third-order valence-corrected chi connectivity index (χ3v) is 3.83. The van der Waals surface area contributed by atoms with E-state index in [4.69, 9.17) is 0 Å². The van der Waals surface area contributed by atoms with E-state index in [0.717, 1.165) is 51.0 Å². The molecule has 6 nitrogen and oxygen atoms in total. The quantitative estimate of drug-likeness (QED) is 0.320. The monoisotopic (exact) mass is 446 g/mol. The Kier molecular flexibility index (Phi) is 8.75. The highest BCUT2D eigenvalue weighted by Crippen LogP contribution is 2.12. The summed E-state index contributed by atoms with van der Waals surface area (Å²) in [5.41, 5.74) is 0.152. The molecule has 0 saturated carbocycles. The van der Waals surface area contributed by atoms with Crippen molar-refractivity contribution in [3.05, 3.63) is 24.4 Å². The van der Waals surface area contributed by atoms with E-state index in [1.165, 1.54) is 0 Å². The molecule has 1 aromatic rings. The summed E-state index contributed by atoms with van der Waals surface area (Å²) in [7, 11) is 1.85. The van der Waals surface area contributed by atoms with Gasteiger partial charge in [0.05, 0.1) is 0 Å². The first-order chi connectivity index (χ1) is 11.0. The number of hydrogen-bond donors (Lipinski definition) is 2. The Morgan fingerprint density at radius 3 is 2.42 bits per heavy atom. The van der Waals surface area contributed by atoms with Crippen LogP contribution in [0.2, 0.25) is 0 Å². The van der Waals surface area contributed by atoms with Crippen molar-refractivity contribution >= 4 is 35.8 Å². The van der Waals surface area contributed by atoms with E-state index >= 15 is 0 Å². The summed E-state index contributed by atoms with van der Waals surface area (Å²) in [4.78, 5) is 13.5. The molecular weight excluding hydrogens is 415 g/mol. The molecule has 0 spiro atoms. The number of aliphatic imine (C=N–C) groups is 1. The number of aromatic nitrogens is 1. The van der Waals surface area contributed by atoms with E-state index in [1.807, 2.05) is 25.4 Å².